The quantitative estimate of drug-likeness (QED) is 0.833. The molecule has 0 spiro atoms. The summed E-state index contributed by atoms with van der Waals surface area (Å²) in [6.45, 7) is 4.44. The van der Waals surface area contributed by atoms with Crippen molar-refractivity contribution in [3.05, 3.63) is 26.7 Å². The van der Waals surface area contributed by atoms with E-state index >= 15 is 0 Å². The lowest BCUT2D eigenvalue weighted by molar-refractivity contribution is 0.147. The molecule has 1 fully saturated rings. The Morgan fingerprint density at radius 1 is 1.20 bits per heavy atom. The molecular weight excluding hydrogens is 322 g/mol. The van der Waals surface area contributed by atoms with Gasteiger partial charge in [0.15, 0.2) is 11.2 Å². The van der Waals surface area contributed by atoms with Crippen LogP contribution < -0.4 is 11.2 Å². The molecule has 8 heteroatoms. The maximum Gasteiger partial charge on any atom is 0.332 e. The first-order valence-corrected chi connectivity index (χ1v) is 8.95. The summed E-state index contributed by atoms with van der Waals surface area (Å²) in [4.78, 5) is 31.9. The van der Waals surface area contributed by atoms with E-state index in [4.69, 9.17) is 0 Å². The highest BCUT2D eigenvalue weighted by atomic mass is 16.3. The first-order chi connectivity index (χ1) is 12.0. The SMILES string of the molecule is C[C@H]1CCCCN1Cc1nc2c(c(=O)n(C)c(=O)n2C)n1CCCO. The first kappa shape index (κ1) is 17.9. The lowest BCUT2D eigenvalue weighted by Crippen LogP contribution is -2.38. The second-order valence-electron chi connectivity index (χ2n) is 6.95. The predicted octanol–water partition coefficient (Wildman–Crippen LogP) is 0.191. The van der Waals surface area contributed by atoms with Gasteiger partial charge in [0.2, 0.25) is 0 Å². The van der Waals surface area contributed by atoms with Crippen LogP contribution in [0.1, 0.15) is 38.4 Å². The monoisotopic (exact) mass is 349 g/mol. The van der Waals surface area contributed by atoms with E-state index in [0.717, 1.165) is 23.4 Å². The highest BCUT2D eigenvalue weighted by Crippen LogP contribution is 2.20. The van der Waals surface area contributed by atoms with Gasteiger partial charge in [-0.15, -0.1) is 0 Å². The van der Waals surface area contributed by atoms with Crippen molar-refractivity contribution in [2.45, 2.75) is 51.7 Å². The number of hydrogen-bond donors (Lipinski definition) is 1. The van der Waals surface area contributed by atoms with Crippen molar-refractivity contribution in [2.24, 2.45) is 14.1 Å². The van der Waals surface area contributed by atoms with Gasteiger partial charge in [0.1, 0.15) is 5.82 Å². The lowest BCUT2D eigenvalue weighted by atomic mass is 10.0. The molecular formula is C17H27N5O3. The van der Waals surface area contributed by atoms with Crippen LogP contribution in [0.5, 0.6) is 0 Å². The molecule has 0 aromatic carbocycles. The molecule has 0 radical (unpaired) electrons. The van der Waals surface area contributed by atoms with Crippen molar-refractivity contribution in [1.29, 1.82) is 0 Å². The zero-order valence-electron chi connectivity index (χ0n) is 15.2. The molecule has 138 valence electrons. The van der Waals surface area contributed by atoms with E-state index in [1.54, 1.807) is 7.05 Å². The molecule has 3 rings (SSSR count). The molecule has 0 bridgehead atoms. The van der Waals surface area contributed by atoms with Gasteiger partial charge in [0, 0.05) is 33.3 Å². The van der Waals surface area contributed by atoms with Gasteiger partial charge >= 0.3 is 5.69 Å². The Morgan fingerprint density at radius 3 is 2.64 bits per heavy atom. The van der Waals surface area contributed by atoms with E-state index < -0.39 is 0 Å². The fourth-order valence-electron chi connectivity index (χ4n) is 3.66. The fraction of sp³-hybridized carbons (Fsp3) is 0.706. The maximum absolute atomic E-state index is 12.7. The molecule has 1 saturated heterocycles. The minimum Gasteiger partial charge on any atom is -0.396 e. The third-order valence-electron chi connectivity index (χ3n) is 5.25. The zero-order valence-corrected chi connectivity index (χ0v) is 15.2. The molecule has 0 saturated carbocycles. The average molecular weight is 349 g/mol. The third kappa shape index (κ3) is 3.16. The summed E-state index contributed by atoms with van der Waals surface area (Å²) in [7, 11) is 3.13. The van der Waals surface area contributed by atoms with Gasteiger partial charge in [-0.3, -0.25) is 18.8 Å². The van der Waals surface area contributed by atoms with Gasteiger partial charge in [-0.05, 0) is 32.7 Å². The van der Waals surface area contributed by atoms with Gasteiger partial charge in [-0.25, -0.2) is 9.78 Å². The normalized spacial score (nSPS) is 19.0. The van der Waals surface area contributed by atoms with E-state index in [1.807, 2.05) is 4.57 Å². The Bertz CT molecular complexity index is 879. The Hall–Kier alpha value is -1.93. The van der Waals surface area contributed by atoms with Crippen LogP contribution >= 0.6 is 0 Å². The highest BCUT2D eigenvalue weighted by molar-refractivity contribution is 5.71. The summed E-state index contributed by atoms with van der Waals surface area (Å²) in [5.74, 6) is 0.788. The average Bonchev–Trinajstić information content (AvgIpc) is 2.96. The Balaban J connectivity index is 2.13. The summed E-state index contributed by atoms with van der Waals surface area (Å²) in [5, 5.41) is 9.23. The van der Waals surface area contributed by atoms with Crippen LogP contribution in [-0.4, -0.2) is 47.9 Å². The molecule has 1 atom stereocenters. The van der Waals surface area contributed by atoms with Crippen molar-refractivity contribution >= 4 is 11.2 Å². The van der Waals surface area contributed by atoms with Gasteiger partial charge in [0.25, 0.3) is 5.56 Å². The van der Waals surface area contributed by atoms with Crippen molar-refractivity contribution in [3.63, 3.8) is 0 Å². The largest absolute Gasteiger partial charge is 0.396 e. The van der Waals surface area contributed by atoms with E-state index in [1.165, 1.54) is 24.5 Å². The molecule has 0 amide bonds. The van der Waals surface area contributed by atoms with E-state index in [-0.39, 0.29) is 17.9 Å². The predicted molar refractivity (Wildman–Crippen MR) is 95.6 cm³/mol. The topological polar surface area (TPSA) is 85.3 Å². The number of fused-ring (bicyclic) bond motifs is 1. The van der Waals surface area contributed by atoms with Crippen LogP contribution in [0.4, 0.5) is 0 Å². The molecule has 2 aromatic heterocycles. The van der Waals surface area contributed by atoms with Gasteiger partial charge in [-0.1, -0.05) is 6.42 Å². The third-order valence-corrected chi connectivity index (χ3v) is 5.25. The lowest BCUT2D eigenvalue weighted by Gasteiger charge is -2.33. The summed E-state index contributed by atoms with van der Waals surface area (Å²) in [6, 6.07) is 0.478. The Labute approximate surface area is 146 Å². The van der Waals surface area contributed by atoms with Crippen LogP contribution in [0.2, 0.25) is 0 Å². The number of aliphatic hydroxyl groups is 1. The number of likely N-dealkylation sites (tertiary alicyclic amines) is 1. The first-order valence-electron chi connectivity index (χ1n) is 8.95. The van der Waals surface area contributed by atoms with Crippen LogP contribution in [0.25, 0.3) is 11.2 Å². The number of piperidine rings is 1. The molecule has 1 N–H and O–H groups in total. The van der Waals surface area contributed by atoms with E-state index in [0.29, 0.717) is 36.7 Å². The van der Waals surface area contributed by atoms with Gasteiger partial charge < -0.3 is 9.67 Å². The number of hydrogen-bond acceptors (Lipinski definition) is 5. The Morgan fingerprint density at radius 2 is 1.96 bits per heavy atom. The van der Waals surface area contributed by atoms with Crippen molar-refractivity contribution < 1.29 is 5.11 Å². The minimum absolute atomic E-state index is 0.0469. The molecule has 1 aliphatic rings. The van der Waals surface area contributed by atoms with Crippen molar-refractivity contribution in [2.75, 3.05) is 13.2 Å². The summed E-state index contributed by atoms with van der Waals surface area (Å²) < 4.78 is 4.43. The molecule has 8 nitrogen and oxygen atoms in total. The van der Waals surface area contributed by atoms with Crippen molar-refractivity contribution in [3.8, 4) is 0 Å². The molecule has 1 aliphatic heterocycles. The fourth-order valence-corrected chi connectivity index (χ4v) is 3.66. The molecule has 3 heterocycles. The number of rotatable bonds is 5. The van der Waals surface area contributed by atoms with Gasteiger partial charge in [0.05, 0.1) is 6.54 Å². The Kier molecular flexibility index (Phi) is 5.10. The van der Waals surface area contributed by atoms with Crippen molar-refractivity contribution in [1.82, 2.24) is 23.6 Å². The van der Waals surface area contributed by atoms with E-state index in [2.05, 4.69) is 16.8 Å². The molecule has 0 aliphatic carbocycles. The number of aryl methyl sites for hydroxylation is 2. The van der Waals surface area contributed by atoms with Crippen LogP contribution in [0, 0.1) is 0 Å². The highest BCUT2D eigenvalue weighted by Gasteiger charge is 2.23. The summed E-state index contributed by atoms with van der Waals surface area (Å²) in [5.41, 5.74) is 0.159. The van der Waals surface area contributed by atoms with Crippen LogP contribution in [-0.2, 0) is 27.2 Å². The summed E-state index contributed by atoms with van der Waals surface area (Å²) in [6.07, 6.45) is 4.12. The number of aromatic nitrogens is 4. The number of nitrogens with zero attached hydrogens (tertiary/aromatic N) is 5. The zero-order chi connectivity index (χ0) is 18.1. The molecule has 0 unspecified atom stereocenters. The molecule has 25 heavy (non-hydrogen) atoms. The smallest absolute Gasteiger partial charge is 0.332 e. The van der Waals surface area contributed by atoms with Crippen LogP contribution in [0.15, 0.2) is 9.59 Å². The number of imidazole rings is 1. The second kappa shape index (κ2) is 7.13. The van der Waals surface area contributed by atoms with Gasteiger partial charge in [-0.2, -0.15) is 0 Å². The number of aliphatic hydroxyl groups excluding tert-OH is 1. The van der Waals surface area contributed by atoms with Crippen LogP contribution in [0.3, 0.4) is 0 Å². The standard InChI is InChI=1S/C17H27N5O3/c1-12-7-4-5-8-21(12)11-13-18-15-14(22(13)9-6-10-23)16(24)20(3)17(25)19(15)2/h12,23H,4-11H2,1-3H3/t12-/m0/s1. The maximum atomic E-state index is 12.7. The van der Waals surface area contributed by atoms with E-state index in [9.17, 15) is 14.7 Å². The summed E-state index contributed by atoms with van der Waals surface area (Å²) >= 11 is 0. The minimum atomic E-state index is -0.373. The second-order valence-corrected chi connectivity index (χ2v) is 6.95. The molecule has 2 aromatic rings.